The number of benzene rings is 3. The summed E-state index contributed by atoms with van der Waals surface area (Å²) >= 11 is 1.21. The van der Waals surface area contributed by atoms with Crippen molar-refractivity contribution in [3.63, 3.8) is 0 Å². The molecule has 0 aliphatic heterocycles. The Morgan fingerprint density at radius 1 is 0.933 bits per heavy atom. The number of methoxy groups -OCH3 is 1. The Kier molecular flexibility index (Phi) is 5.68. The number of rotatable bonds is 5. The van der Waals surface area contributed by atoms with Gasteiger partial charge in [-0.15, -0.1) is 0 Å². The number of hydrogen-bond donors (Lipinski definition) is 1. The summed E-state index contributed by atoms with van der Waals surface area (Å²) in [6.07, 6.45) is 1.98. The first-order valence-corrected chi connectivity index (χ1v) is 10.4. The molecule has 30 heavy (non-hydrogen) atoms. The van der Waals surface area contributed by atoms with Gasteiger partial charge in [-0.1, -0.05) is 36.4 Å². The van der Waals surface area contributed by atoms with Crippen molar-refractivity contribution in [1.82, 2.24) is 14.1 Å². The van der Waals surface area contributed by atoms with Gasteiger partial charge in [-0.2, -0.15) is 8.75 Å². The third-order valence-corrected chi connectivity index (χ3v) is 5.58. The molecule has 0 saturated carbocycles. The van der Waals surface area contributed by atoms with Gasteiger partial charge in [-0.05, 0) is 45.8 Å². The van der Waals surface area contributed by atoms with Gasteiger partial charge in [-0.25, -0.2) is 0 Å². The second-order valence-electron chi connectivity index (χ2n) is 7.15. The molecule has 1 aromatic heterocycles. The number of fused-ring (bicyclic) bond motifs is 1. The molecule has 0 radical (unpaired) electrons. The van der Waals surface area contributed by atoms with E-state index in [9.17, 15) is 0 Å². The fourth-order valence-corrected chi connectivity index (χ4v) is 4.09. The van der Waals surface area contributed by atoms with Crippen molar-refractivity contribution in [2.45, 2.75) is 0 Å². The van der Waals surface area contributed by atoms with E-state index >= 15 is 0 Å². The van der Waals surface area contributed by atoms with Crippen LogP contribution in [0.25, 0.3) is 22.8 Å². The average molecular weight is 417 g/mol. The zero-order valence-electron chi connectivity index (χ0n) is 17.5. The van der Waals surface area contributed by atoms with Gasteiger partial charge in [-0.3, -0.25) is 0 Å². The first-order valence-electron chi connectivity index (χ1n) is 9.67. The number of ether oxygens (including phenoxy) is 1. The van der Waals surface area contributed by atoms with Gasteiger partial charge in [0.15, 0.2) is 0 Å². The van der Waals surface area contributed by atoms with Crippen molar-refractivity contribution in [1.29, 1.82) is 0 Å². The maximum atomic E-state index is 5.49. The molecule has 4 aromatic rings. The molecule has 6 heteroatoms. The maximum Gasteiger partial charge on any atom is 0.147 e. The van der Waals surface area contributed by atoms with Crippen LogP contribution >= 0.6 is 11.7 Å². The summed E-state index contributed by atoms with van der Waals surface area (Å²) < 4.78 is 14.6. The molecule has 1 N–H and O–H groups in total. The smallest absolute Gasteiger partial charge is 0.147 e. The fourth-order valence-electron chi connectivity index (χ4n) is 3.53. The Morgan fingerprint density at radius 3 is 2.27 bits per heavy atom. The number of hydrogen-bond acceptors (Lipinski definition) is 6. The van der Waals surface area contributed by atoms with E-state index in [0.29, 0.717) is 0 Å². The monoisotopic (exact) mass is 416 g/mol. The van der Waals surface area contributed by atoms with Crippen LogP contribution < -0.4 is 25.4 Å². The lowest BCUT2D eigenvalue weighted by molar-refractivity contribution is 0.419. The van der Waals surface area contributed by atoms with Crippen LogP contribution in [0.1, 0.15) is 11.1 Å². The standard InChI is InChI=1S/C24H24N4OS/c1-25-15-16-5-7-17(8-6-16)22(18-9-11-19(12-10-18)28(2)3)20-13-14-21(29-4)24-23(20)26-30-27-24/h5-15,25H,1-4H3. The molecular formula is C24H24N4OS. The van der Waals surface area contributed by atoms with E-state index < -0.39 is 0 Å². The van der Waals surface area contributed by atoms with E-state index in [-0.39, 0.29) is 0 Å². The van der Waals surface area contributed by atoms with Crippen molar-refractivity contribution >= 4 is 40.2 Å². The molecule has 0 fully saturated rings. The summed E-state index contributed by atoms with van der Waals surface area (Å²) in [7, 11) is 7.66. The Bertz CT molecular complexity index is 1270. The maximum absolute atomic E-state index is 5.49. The van der Waals surface area contributed by atoms with Crippen LogP contribution in [0.2, 0.25) is 0 Å². The molecular weight excluding hydrogens is 392 g/mol. The molecule has 0 atom stereocenters. The van der Waals surface area contributed by atoms with Gasteiger partial charge in [0.2, 0.25) is 0 Å². The normalized spacial score (nSPS) is 10.7. The van der Waals surface area contributed by atoms with Crippen molar-refractivity contribution in [3.05, 3.63) is 82.2 Å². The highest BCUT2D eigenvalue weighted by Crippen LogP contribution is 2.33. The largest absolute Gasteiger partial charge is 0.494 e. The van der Waals surface area contributed by atoms with Gasteiger partial charge in [0, 0.05) is 38.6 Å². The zero-order valence-corrected chi connectivity index (χ0v) is 18.3. The summed E-state index contributed by atoms with van der Waals surface area (Å²) in [6, 6.07) is 21.2. The number of anilines is 1. The number of nitrogens with one attached hydrogen (secondary N) is 1. The van der Waals surface area contributed by atoms with Crippen molar-refractivity contribution in [2.75, 3.05) is 33.2 Å². The first kappa shape index (κ1) is 19.9. The van der Waals surface area contributed by atoms with E-state index in [4.69, 9.17) is 4.74 Å². The van der Waals surface area contributed by atoms with E-state index in [0.717, 1.165) is 49.6 Å². The third kappa shape index (κ3) is 3.74. The molecule has 0 bridgehead atoms. The van der Waals surface area contributed by atoms with Crippen molar-refractivity contribution < 1.29 is 4.74 Å². The highest BCUT2D eigenvalue weighted by Gasteiger charge is 2.16. The summed E-state index contributed by atoms with van der Waals surface area (Å²) in [5, 5.41) is 5.33. The van der Waals surface area contributed by atoms with E-state index in [1.54, 1.807) is 7.11 Å². The van der Waals surface area contributed by atoms with E-state index in [2.05, 4.69) is 73.6 Å². The molecule has 0 aliphatic carbocycles. The second kappa shape index (κ2) is 8.55. The lowest BCUT2D eigenvalue weighted by atomic mass is 9.94. The summed E-state index contributed by atoms with van der Waals surface area (Å²) in [6.45, 7) is 0. The Morgan fingerprint density at radius 2 is 1.63 bits per heavy atom. The minimum atomic E-state index is 0.740. The van der Waals surface area contributed by atoms with Gasteiger partial charge >= 0.3 is 0 Å². The topological polar surface area (TPSA) is 50.3 Å². The quantitative estimate of drug-likeness (QED) is 0.542. The molecule has 152 valence electrons. The van der Waals surface area contributed by atoms with Crippen LogP contribution in [0.3, 0.4) is 0 Å². The average Bonchev–Trinajstić information content (AvgIpc) is 3.26. The fraction of sp³-hybridized carbons (Fsp3) is 0.167. The summed E-state index contributed by atoms with van der Waals surface area (Å²) in [5.41, 5.74) is 6.11. The number of nitrogens with zero attached hydrogens (tertiary/aromatic N) is 3. The highest BCUT2D eigenvalue weighted by atomic mass is 32.1. The van der Waals surface area contributed by atoms with Gasteiger partial charge in [0.05, 0.1) is 18.8 Å². The van der Waals surface area contributed by atoms with Crippen molar-refractivity contribution in [3.8, 4) is 5.75 Å². The summed E-state index contributed by atoms with van der Waals surface area (Å²) in [4.78, 5) is 2.10. The first-order chi connectivity index (χ1) is 14.6. The predicted molar refractivity (Wildman–Crippen MR) is 126 cm³/mol. The SMILES string of the molecule is CNC=c1ccc(=C(c2ccc(N(C)C)cc2)c2ccc(OC)c3nsnc23)cc1. The molecule has 0 amide bonds. The van der Waals surface area contributed by atoms with Crippen molar-refractivity contribution in [2.24, 2.45) is 0 Å². The van der Waals surface area contributed by atoms with Crippen LogP contribution in [0, 0.1) is 0 Å². The predicted octanol–water partition coefficient (Wildman–Crippen LogP) is 2.97. The van der Waals surface area contributed by atoms with E-state index in [1.165, 1.54) is 11.7 Å². The second-order valence-corrected chi connectivity index (χ2v) is 7.68. The Hall–Kier alpha value is -3.38. The number of aromatic nitrogens is 2. The van der Waals surface area contributed by atoms with Crippen LogP contribution in [0.15, 0.2) is 60.7 Å². The molecule has 1 heterocycles. The Labute approximate surface area is 180 Å². The van der Waals surface area contributed by atoms with Crippen LogP contribution in [0.4, 0.5) is 5.69 Å². The summed E-state index contributed by atoms with van der Waals surface area (Å²) in [5.74, 6) is 0.740. The molecule has 0 spiro atoms. The van der Waals surface area contributed by atoms with Gasteiger partial charge < -0.3 is 15.0 Å². The minimum Gasteiger partial charge on any atom is -0.494 e. The molecule has 5 nitrogen and oxygen atoms in total. The molecule has 0 saturated heterocycles. The molecule has 4 rings (SSSR count). The van der Waals surface area contributed by atoms with E-state index in [1.807, 2.05) is 33.4 Å². The van der Waals surface area contributed by atoms with Gasteiger partial charge in [0.25, 0.3) is 0 Å². The Balaban J connectivity index is 2.01. The molecule has 0 aliphatic rings. The lowest BCUT2D eigenvalue weighted by Gasteiger charge is -2.15. The molecule has 0 unspecified atom stereocenters. The van der Waals surface area contributed by atoms with Crippen LogP contribution in [-0.4, -0.2) is 37.0 Å². The third-order valence-electron chi connectivity index (χ3n) is 5.05. The molecule has 3 aromatic carbocycles. The van der Waals surface area contributed by atoms with Crippen LogP contribution in [-0.2, 0) is 0 Å². The zero-order chi connectivity index (χ0) is 21.1. The lowest BCUT2D eigenvalue weighted by Crippen LogP contribution is -2.14. The van der Waals surface area contributed by atoms with Gasteiger partial charge in [0.1, 0.15) is 16.8 Å². The minimum absolute atomic E-state index is 0.740. The highest BCUT2D eigenvalue weighted by molar-refractivity contribution is 7.00. The van der Waals surface area contributed by atoms with Crippen LogP contribution in [0.5, 0.6) is 5.75 Å².